The van der Waals surface area contributed by atoms with Gasteiger partial charge in [0.2, 0.25) is 21.8 Å². The predicted molar refractivity (Wildman–Crippen MR) is 165 cm³/mol. The number of carbonyl (C=O) groups excluding carboxylic acids is 2. The number of benzene rings is 2. The maximum Gasteiger partial charge on any atom is 0.243 e. The van der Waals surface area contributed by atoms with E-state index < -0.39 is 28.1 Å². The van der Waals surface area contributed by atoms with Gasteiger partial charge in [-0.15, -0.1) is 0 Å². The summed E-state index contributed by atoms with van der Waals surface area (Å²) in [4.78, 5) is 26.4. The molecule has 9 nitrogen and oxygen atoms in total. The Morgan fingerprint density at radius 2 is 1.46 bits per heavy atom. The second kappa shape index (κ2) is 19.4. The van der Waals surface area contributed by atoms with Gasteiger partial charge in [-0.2, -0.15) is 4.31 Å². The highest BCUT2D eigenvalue weighted by Gasteiger charge is 2.30. The van der Waals surface area contributed by atoms with Gasteiger partial charge in [0, 0.05) is 13.1 Å². The molecule has 3 N–H and O–H groups in total. The summed E-state index contributed by atoms with van der Waals surface area (Å²) in [6, 6.07) is 16.7. The van der Waals surface area contributed by atoms with E-state index in [1.165, 1.54) is 29.3 Å². The molecule has 0 heterocycles. The molecule has 2 amide bonds. The smallest absolute Gasteiger partial charge is 0.243 e. The average molecular weight is 591 g/mol. The van der Waals surface area contributed by atoms with Crippen LogP contribution < -0.4 is 10.6 Å². The first-order valence-corrected chi connectivity index (χ1v) is 15.8. The maximum absolute atomic E-state index is 13.4. The summed E-state index contributed by atoms with van der Waals surface area (Å²) in [5.74, 6) is -0.503. The molecule has 0 aliphatic heterocycles. The summed E-state index contributed by atoms with van der Waals surface area (Å²) in [6.45, 7) is 8.32. The van der Waals surface area contributed by atoms with E-state index in [0.29, 0.717) is 12.8 Å². The van der Waals surface area contributed by atoms with Gasteiger partial charge < -0.3 is 20.6 Å². The van der Waals surface area contributed by atoms with Crippen LogP contribution in [0.15, 0.2) is 65.6 Å². The Morgan fingerprint density at radius 1 is 0.902 bits per heavy atom. The topological polar surface area (TPSA) is 119 Å². The molecular weight excluding hydrogens is 540 g/mol. The van der Waals surface area contributed by atoms with Gasteiger partial charge >= 0.3 is 0 Å². The number of sulfonamides is 1. The largest absolute Gasteiger partial charge is 0.390 e. The Morgan fingerprint density at radius 3 is 1.98 bits per heavy atom. The highest BCUT2D eigenvalue weighted by atomic mass is 32.2. The van der Waals surface area contributed by atoms with E-state index >= 15 is 0 Å². The fourth-order valence-electron chi connectivity index (χ4n) is 3.72. The summed E-state index contributed by atoms with van der Waals surface area (Å²) < 4.78 is 28.1. The van der Waals surface area contributed by atoms with E-state index in [0.717, 1.165) is 5.56 Å². The summed E-state index contributed by atoms with van der Waals surface area (Å²) in [5.41, 5.74) is 0.878. The SMILES string of the molecule is CC(C)CCN(C[C@@H](O)[C@H](Cc1ccccc1)NC(=O)CNC(=O)CN(C)C)S(=O)(=O)c1ccccc1.CCCC. The molecule has 2 atom stereocenters. The van der Waals surface area contributed by atoms with Crippen LogP contribution in [0, 0.1) is 5.92 Å². The van der Waals surface area contributed by atoms with Gasteiger partial charge in [-0.1, -0.05) is 89.1 Å². The van der Waals surface area contributed by atoms with Crippen LogP contribution in [0.25, 0.3) is 0 Å². The van der Waals surface area contributed by atoms with Crippen molar-refractivity contribution in [3.05, 3.63) is 66.2 Å². The van der Waals surface area contributed by atoms with Crippen LogP contribution in [-0.4, -0.2) is 87.0 Å². The zero-order chi connectivity index (χ0) is 30.8. The first-order valence-electron chi connectivity index (χ1n) is 14.4. The Balaban J connectivity index is 0.00000196. The summed E-state index contributed by atoms with van der Waals surface area (Å²) in [7, 11) is -0.360. The summed E-state index contributed by atoms with van der Waals surface area (Å²) in [5, 5.41) is 16.6. The molecule has 0 radical (unpaired) electrons. The van der Waals surface area contributed by atoms with Crippen molar-refractivity contribution in [1.82, 2.24) is 19.8 Å². The third-order valence-electron chi connectivity index (χ3n) is 6.24. The number of likely N-dealkylation sites (N-methyl/N-ethyl adjacent to an activating group) is 1. The van der Waals surface area contributed by atoms with Crippen LogP contribution in [0.5, 0.6) is 0 Å². The lowest BCUT2D eigenvalue weighted by molar-refractivity contribution is -0.127. The molecule has 0 aliphatic rings. The lowest BCUT2D eigenvalue weighted by atomic mass is 10.0. The molecule has 2 aromatic rings. The second-order valence-electron chi connectivity index (χ2n) is 10.8. The van der Waals surface area contributed by atoms with Gasteiger partial charge in [-0.25, -0.2) is 8.42 Å². The van der Waals surface area contributed by atoms with Crippen molar-refractivity contribution in [3.8, 4) is 0 Å². The second-order valence-corrected chi connectivity index (χ2v) is 12.7. The average Bonchev–Trinajstić information content (AvgIpc) is 2.94. The quantitative estimate of drug-likeness (QED) is 0.276. The zero-order valence-electron chi connectivity index (χ0n) is 25.5. The van der Waals surface area contributed by atoms with Gasteiger partial charge in [0.25, 0.3) is 0 Å². The standard InChI is InChI=1S/C27H40N4O5S.C4H10/c1-21(2)15-16-31(37(35,36)23-13-9-6-10-14-23)19-25(32)24(17-22-11-7-5-8-12-22)29-26(33)18-28-27(34)20-30(3)4;1-3-4-2/h5-14,21,24-25,32H,15-20H2,1-4H3,(H,28,34)(H,29,33);3-4H2,1-2H3/t24-,25+;/m0./s1. The van der Waals surface area contributed by atoms with E-state index in [9.17, 15) is 23.1 Å². The highest BCUT2D eigenvalue weighted by Crippen LogP contribution is 2.19. The molecule has 0 unspecified atom stereocenters. The first-order chi connectivity index (χ1) is 19.4. The third-order valence-corrected chi connectivity index (χ3v) is 8.12. The number of aliphatic hydroxyl groups is 1. The van der Waals surface area contributed by atoms with Crippen LogP contribution in [0.2, 0.25) is 0 Å². The van der Waals surface area contributed by atoms with Crippen molar-refractivity contribution >= 4 is 21.8 Å². The lowest BCUT2D eigenvalue weighted by Gasteiger charge is -2.30. The van der Waals surface area contributed by atoms with Gasteiger partial charge in [0.05, 0.1) is 30.1 Å². The zero-order valence-corrected chi connectivity index (χ0v) is 26.4. The van der Waals surface area contributed by atoms with Crippen molar-refractivity contribution < 1.29 is 23.1 Å². The number of nitrogens with zero attached hydrogens (tertiary/aromatic N) is 2. The number of aliphatic hydroxyl groups excluding tert-OH is 1. The minimum Gasteiger partial charge on any atom is -0.390 e. The normalized spacial score (nSPS) is 12.9. The van der Waals surface area contributed by atoms with E-state index in [1.54, 1.807) is 37.2 Å². The molecule has 41 heavy (non-hydrogen) atoms. The number of carbonyl (C=O) groups is 2. The molecule has 0 aliphatic carbocycles. The summed E-state index contributed by atoms with van der Waals surface area (Å²) in [6.07, 6.45) is 2.36. The van der Waals surface area contributed by atoms with Gasteiger partial charge in [-0.3, -0.25) is 9.59 Å². The molecule has 0 bridgehead atoms. The number of rotatable bonds is 16. The highest BCUT2D eigenvalue weighted by molar-refractivity contribution is 7.89. The molecule has 0 fully saturated rings. The van der Waals surface area contributed by atoms with E-state index in [2.05, 4.69) is 24.5 Å². The van der Waals surface area contributed by atoms with Gasteiger partial charge in [0.15, 0.2) is 0 Å². The molecule has 10 heteroatoms. The fraction of sp³-hybridized carbons (Fsp3) is 0.548. The predicted octanol–water partition coefficient (Wildman–Crippen LogP) is 3.30. The fourth-order valence-corrected chi connectivity index (χ4v) is 5.21. The van der Waals surface area contributed by atoms with Crippen molar-refractivity contribution in [1.29, 1.82) is 0 Å². The number of unbranched alkanes of at least 4 members (excludes halogenated alkanes) is 1. The van der Waals surface area contributed by atoms with Crippen LogP contribution in [-0.2, 0) is 26.0 Å². The van der Waals surface area contributed by atoms with Crippen LogP contribution >= 0.6 is 0 Å². The molecule has 0 saturated heterocycles. The Labute approximate surface area is 247 Å². The van der Waals surface area contributed by atoms with Crippen LogP contribution in [0.1, 0.15) is 52.5 Å². The van der Waals surface area contributed by atoms with Crippen molar-refractivity contribution in [2.75, 3.05) is 40.3 Å². The molecule has 0 aromatic heterocycles. The van der Waals surface area contributed by atoms with Crippen LogP contribution in [0.4, 0.5) is 0 Å². The minimum atomic E-state index is -3.86. The number of hydrogen-bond donors (Lipinski definition) is 3. The Bertz CT molecular complexity index is 1110. The lowest BCUT2D eigenvalue weighted by Crippen LogP contribution is -2.52. The Kier molecular flexibility index (Phi) is 17.1. The van der Waals surface area contributed by atoms with Crippen molar-refractivity contribution in [2.24, 2.45) is 5.92 Å². The molecule has 2 aromatic carbocycles. The monoisotopic (exact) mass is 590 g/mol. The first kappa shape index (κ1) is 36.2. The van der Waals surface area contributed by atoms with Crippen molar-refractivity contribution in [2.45, 2.75) is 70.4 Å². The maximum atomic E-state index is 13.4. The van der Waals surface area contributed by atoms with Crippen molar-refractivity contribution in [3.63, 3.8) is 0 Å². The van der Waals surface area contributed by atoms with E-state index in [4.69, 9.17) is 0 Å². The van der Waals surface area contributed by atoms with E-state index in [1.807, 2.05) is 44.2 Å². The molecule has 230 valence electrons. The third kappa shape index (κ3) is 14.6. The van der Waals surface area contributed by atoms with Crippen LogP contribution in [0.3, 0.4) is 0 Å². The number of amides is 2. The number of nitrogens with one attached hydrogen (secondary N) is 2. The molecule has 2 rings (SSSR count). The molecular formula is C31H50N4O5S. The van der Waals surface area contributed by atoms with Gasteiger partial charge in [0.1, 0.15) is 0 Å². The number of hydrogen-bond acceptors (Lipinski definition) is 6. The van der Waals surface area contributed by atoms with E-state index in [-0.39, 0.29) is 42.9 Å². The minimum absolute atomic E-state index is 0.144. The Hall–Kier alpha value is -2.79. The van der Waals surface area contributed by atoms with Gasteiger partial charge in [-0.05, 0) is 50.6 Å². The summed E-state index contributed by atoms with van der Waals surface area (Å²) >= 11 is 0. The molecule has 0 spiro atoms. The molecule has 0 saturated carbocycles.